The highest BCUT2D eigenvalue weighted by Crippen LogP contribution is 2.29. The van der Waals surface area contributed by atoms with Crippen molar-refractivity contribution in [2.24, 2.45) is 0 Å². The number of benzene rings is 4. The summed E-state index contributed by atoms with van der Waals surface area (Å²) in [6.45, 7) is -0.417. The average molecular weight is 547 g/mol. The molecule has 2 atom stereocenters. The summed E-state index contributed by atoms with van der Waals surface area (Å²) in [7, 11) is 0. The normalized spacial score (nSPS) is 14.9. The Morgan fingerprint density at radius 2 is 1.34 bits per heavy atom. The van der Waals surface area contributed by atoms with Gasteiger partial charge in [-0.3, -0.25) is 9.59 Å². The zero-order chi connectivity index (χ0) is 28.4. The van der Waals surface area contributed by atoms with Gasteiger partial charge in [-0.05, 0) is 47.1 Å². The number of ether oxygens (including phenoxy) is 1. The van der Waals surface area contributed by atoms with Crippen molar-refractivity contribution < 1.29 is 19.1 Å². The number of carbonyl (C=O) groups excluding carboxylic acids is 3. The minimum absolute atomic E-state index is 0.108. The molecule has 1 aliphatic rings. The van der Waals surface area contributed by atoms with Crippen LogP contribution in [0.25, 0.3) is 0 Å². The smallest absolute Gasteiger partial charge is 0.329 e. The number of hydrogen-bond acceptors (Lipinski definition) is 4. The summed E-state index contributed by atoms with van der Waals surface area (Å²) in [5, 5.41) is 5.95. The van der Waals surface area contributed by atoms with E-state index >= 15 is 0 Å². The Morgan fingerprint density at radius 1 is 0.756 bits per heavy atom. The van der Waals surface area contributed by atoms with Crippen LogP contribution in [0.3, 0.4) is 0 Å². The molecule has 0 bridgehead atoms. The number of rotatable bonds is 10. The summed E-state index contributed by atoms with van der Waals surface area (Å²) in [6, 6.07) is 35.4. The highest BCUT2D eigenvalue weighted by Gasteiger charge is 2.30. The lowest BCUT2D eigenvalue weighted by Gasteiger charge is -2.26. The summed E-state index contributed by atoms with van der Waals surface area (Å²) >= 11 is 0. The maximum absolute atomic E-state index is 13.8. The van der Waals surface area contributed by atoms with Gasteiger partial charge in [-0.25, -0.2) is 4.79 Å². The van der Waals surface area contributed by atoms with E-state index in [1.54, 1.807) is 0 Å². The number of esters is 1. The molecule has 0 heterocycles. The second kappa shape index (κ2) is 13.6. The summed E-state index contributed by atoms with van der Waals surface area (Å²) in [5.41, 5.74) is 4.85. The van der Waals surface area contributed by atoms with Gasteiger partial charge in [-0.15, -0.1) is 0 Å². The van der Waals surface area contributed by atoms with Crippen LogP contribution >= 0.6 is 0 Å². The van der Waals surface area contributed by atoms with E-state index in [1.807, 2.05) is 109 Å². The number of aryl methyl sites for hydroxylation is 1. The largest absolute Gasteiger partial charge is 0.454 e. The topological polar surface area (TPSA) is 84.5 Å². The van der Waals surface area contributed by atoms with E-state index in [-0.39, 0.29) is 24.3 Å². The van der Waals surface area contributed by atoms with Crippen LogP contribution in [0.2, 0.25) is 0 Å². The molecule has 2 N–H and O–H groups in total. The van der Waals surface area contributed by atoms with Crippen molar-refractivity contribution in [2.45, 2.75) is 43.7 Å². The van der Waals surface area contributed by atoms with Gasteiger partial charge < -0.3 is 15.4 Å². The van der Waals surface area contributed by atoms with Crippen molar-refractivity contribution in [1.29, 1.82) is 0 Å². The summed E-state index contributed by atoms with van der Waals surface area (Å²) in [6.07, 6.45) is 3.05. The molecule has 0 saturated carbocycles. The lowest BCUT2D eigenvalue weighted by molar-refractivity contribution is -0.151. The fourth-order valence-corrected chi connectivity index (χ4v) is 5.46. The van der Waals surface area contributed by atoms with E-state index < -0.39 is 24.5 Å². The molecule has 1 aliphatic carbocycles. The first kappa shape index (κ1) is 27.8. The van der Waals surface area contributed by atoms with Gasteiger partial charge in [-0.1, -0.05) is 115 Å². The maximum atomic E-state index is 13.8. The molecule has 0 spiro atoms. The second-order valence-electron chi connectivity index (χ2n) is 10.3. The van der Waals surface area contributed by atoms with Crippen molar-refractivity contribution in [1.82, 2.24) is 10.6 Å². The van der Waals surface area contributed by atoms with Gasteiger partial charge in [0.1, 0.15) is 6.04 Å². The Hall–Kier alpha value is -4.71. The minimum atomic E-state index is -0.969. The van der Waals surface area contributed by atoms with Gasteiger partial charge in [0.05, 0.1) is 12.0 Å². The van der Waals surface area contributed by atoms with Crippen LogP contribution < -0.4 is 10.6 Å². The number of hydrogen-bond donors (Lipinski definition) is 2. The Kier molecular flexibility index (Phi) is 9.22. The van der Waals surface area contributed by atoms with Crippen LogP contribution in [0.15, 0.2) is 115 Å². The summed E-state index contributed by atoms with van der Waals surface area (Å²) < 4.78 is 5.49. The third-order valence-corrected chi connectivity index (χ3v) is 7.46. The molecule has 6 nitrogen and oxygen atoms in total. The highest BCUT2D eigenvalue weighted by atomic mass is 16.5. The first-order valence-corrected chi connectivity index (χ1v) is 14.1. The maximum Gasteiger partial charge on any atom is 0.329 e. The van der Waals surface area contributed by atoms with E-state index in [2.05, 4.69) is 16.7 Å². The van der Waals surface area contributed by atoms with Crippen molar-refractivity contribution in [3.8, 4) is 0 Å². The predicted molar refractivity (Wildman–Crippen MR) is 158 cm³/mol. The van der Waals surface area contributed by atoms with Gasteiger partial charge >= 0.3 is 5.97 Å². The predicted octanol–water partition coefficient (Wildman–Crippen LogP) is 5.28. The molecule has 208 valence electrons. The molecule has 0 aromatic heterocycles. The van der Waals surface area contributed by atoms with Crippen LogP contribution in [0, 0.1) is 0 Å². The van der Waals surface area contributed by atoms with Gasteiger partial charge in [0, 0.05) is 6.42 Å². The monoisotopic (exact) mass is 546 g/mol. The molecule has 5 rings (SSSR count). The third kappa shape index (κ3) is 7.28. The lowest BCUT2D eigenvalue weighted by Crippen LogP contribution is -2.46. The van der Waals surface area contributed by atoms with Crippen LogP contribution in [-0.4, -0.2) is 30.4 Å². The van der Waals surface area contributed by atoms with Crippen LogP contribution in [0.5, 0.6) is 0 Å². The lowest BCUT2D eigenvalue weighted by atomic mass is 9.88. The zero-order valence-corrected chi connectivity index (χ0v) is 22.9. The Labute approximate surface area is 240 Å². The summed E-state index contributed by atoms with van der Waals surface area (Å²) in [5.74, 6) is -1.95. The minimum Gasteiger partial charge on any atom is -0.454 e. The molecule has 0 aliphatic heterocycles. The number of nitrogens with one attached hydrogen (secondary N) is 2. The average Bonchev–Trinajstić information content (AvgIpc) is 3.01. The second-order valence-corrected chi connectivity index (χ2v) is 10.3. The fraction of sp³-hybridized carbons (Fsp3) is 0.229. The Morgan fingerprint density at radius 3 is 2.00 bits per heavy atom. The van der Waals surface area contributed by atoms with Gasteiger partial charge in [-0.2, -0.15) is 0 Å². The molecule has 4 aromatic carbocycles. The van der Waals surface area contributed by atoms with Crippen molar-refractivity contribution in [3.05, 3.63) is 143 Å². The Bertz CT molecular complexity index is 1420. The van der Waals surface area contributed by atoms with E-state index in [0.29, 0.717) is 0 Å². The van der Waals surface area contributed by atoms with Crippen molar-refractivity contribution in [2.75, 3.05) is 6.61 Å². The van der Waals surface area contributed by atoms with Gasteiger partial charge in [0.2, 0.25) is 5.91 Å². The number of amides is 2. The SMILES string of the molecule is O=C(COC(=O)[C@H](Cc1ccccc1)NC(=O)C(c1ccccc1)c1ccccc1)N[C@@H]1CCCc2ccccc21. The van der Waals surface area contributed by atoms with Gasteiger partial charge in [0.15, 0.2) is 6.61 Å². The quantitative estimate of drug-likeness (QED) is 0.265. The zero-order valence-electron chi connectivity index (χ0n) is 22.9. The van der Waals surface area contributed by atoms with E-state index in [4.69, 9.17) is 4.74 Å². The molecule has 4 aromatic rings. The number of carbonyl (C=O) groups is 3. The molecule has 6 heteroatoms. The van der Waals surface area contributed by atoms with Gasteiger partial charge in [0.25, 0.3) is 5.91 Å². The standard InChI is InChI=1S/C35H34N2O4/c38-32(36-30-22-12-20-26-15-10-11-21-29(26)30)24-41-35(40)31(23-25-13-4-1-5-14-25)37-34(39)33(27-16-6-2-7-17-27)28-18-8-3-9-19-28/h1-11,13-19,21,30-31,33H,12,20,22-24H2,(H,36,38)(H,37,39)/t30-,31+/m1/s1. The fourth-order valence-electron chi connectivity index (χ4n) is 5.46. The summed E-state index contributed by atoms with van der Waals surface area (Å²) in [4.78, 5) is 40.0. The van der Waals surface area contributed by atoms with E-state index in [9.17, 15) is 14.4 Å². The first-order chi connectivity index (χ1) is 20.1. The van der Waals surface area contributed by atoms with Crippen LogP contribution in [0.1, 0.15) is 52.6 Å². The molecule has 0 unspecified atom stereocenters. The Balaban J connectivity index is 1.29. The van der Waals surface area contributed by atoms with E-state index in [0.717, 1.165) is 41.5 Å². The highest BCUT2D eigenvalue weighted by molar-refractivity contribution is 5.91. The molecular weight excluding hydrogens is 512 g/mol. The van der Waals surface area contributed by atoms with Crippen molar-refractivity contribution >= 4 is 17.8 Å². The molecule has 0 radical (unpaired) electrons. The van der Waals surface area contributed by atoms with Crippen molar-refractivity contribution in [3.63, 3.8) is 0 Å². The molecule has 41 heavy (non-hydrogen) atoms. The van der Waals surface area contributed by atoms with E-state index in [1.165, 1.54) is 5.56 Å². The third-order valence-electron chi connectivity index (χ3n) is 7.46. The first-order valence-electron chi connectivity index (χ1n) is 14.1. The molecule has 2 amide bonds. The van der Waals surface area contributed by atoms with Crippen LogP contribution in [0.4, 0.5) is 0 Å². The van der Waals surface area contributed by atoms with Crippen LogP contribution in [-0.2, 0) is 32.0 Å². The molecular formula is C35H34N2O4. The molecule has 0 fully saturated rings. The molecule has 0 saturated heterocycles. The number of fused-ring (bicyclic) bond motifs is 1.